The number of primary sulfonamides is 1. The zero-order chi connectivity index (χ0) is 7.99. The molecule has 0 aliphatic heterocycles. The van der Waals surface area contributed by atoms with Crippen molar-refractivity contribution in [3.8, 4) is 0 Å². The van der Waals surface area contributed by atoms with E-state index in [9.17, 15) is 17.2 Å². The minimum Gasteiger partial charge on any atom is -0.228 e. The van der Waals surface area contributed by atoms with Crippen molar-refractivity contribution in [2.24, 2.45) is 5.14 Å². The van der Waals surface area contributed by atoms with Gasteiger partial charge in [-0.1, -0.05) is 0 Å². The molecule has 1 rings (SSSR count). The van der Waals surface area contributed by atoms with Gasteiger partial charge < -0.3 is 0 Å². The highest BCUT2D eigenvalue weighted by Gasteiger charge is 2.60. The highest BCUT2D eigenvalue weighted by molar-refractivity contribution is 7.90. The fourth-order valence-electron chi connectivity index (χ4n) is 0.750. The summed E-state index contributed by atoms with van der Waals surface area (Å²) in [5.41, 5.74) is 0. The molecule has 0 radical (unpaired) electrons. The van der Waals surface area contributed by atoms with Crippen molar-refractivity contribution in [3.63, 3.8) is 0 Å². The van der Waals surface area contributed by atoms with Gasteiger partial charge in [0.05, 0.1) is 0 Å². The maximum atomic E-state index is 11.9. The fourth-order valence-corrected chi connectivity index (χ4v) is 1.67. The van der Waals surface area contributed by atoms with Gasteiger partial charge in [0.25, 0.3) is 6.43 Å². The summed E-state index contributed by atoms with van der Waals surface area (Å²) in [7, 11) is -4.04. The standard InChI is InChI=1S/C4H7F2NO2S/c5-3(6)4(1-2-4)10(7,8)9/h3H,1-2H2,(H2,7,8,9). The third-order valence-corrected chi connectivity index (χ3v) is 3.43. The lowest BCUT2D eigenvalue weighted by Crippen LogP contribution is -2.36. The van der Waals surface area contributed by atoms with Crippen molar-refractivity contribution < 1.29 is 17.2 Å². The average Bonchev–Trinajstić information content (AvgIpc) is 2.36. The van der Waals surface area contributed by atoms with Crippen LogP contribution in [0.3, 0.4) is 0 Å². The number of rotatable bonds is 2. The Morgan fingerprint density at radius 1 is 1.40 bits per heavy atom. The van der Waals surface area contributed by atoms with Crippen LogP contribution in [0.1, 0.15) is 12.8 Å². The predicted molar refractivity (Wildman–Crippen MR) is 31.1 cm³/mol. The Labute approximate surface area is 57.3 Å². The molecule has 0 saturated heterocycles. The Bertz CT molecular complexity index is 232. The smallest absolute Gasteiger partial charge is 0.228 e. The third-order valence-electron chi connectivity index (χ3n) is 1.71. The van der Waals surface area contributed by atoms with Crippen molar-refractivity contribution in [3.05, 3.63) is 0 Å². The van der Waals surface area contributed by atoms with E-state index in [0.717, 1.165) is 0 Å². The molecule has 0 amide bonds. The highest BCUT2D eigenvalue weighted by atomic mass is 32.2. The van der Waals surface area contributed by atoms with E-state index >= 15 is 0 Å². The second kappa shape index (κ2) is 1.88. The molecule has 0 unspecified atom stereocenters. The van der Waals surface area contributed by atoms with E-state index in [2.05, 4.69) is 5.14 Å². The van der Waals surface area contributed by atoms with Gasteiger partial charge in [-0.3, -0.25) is 0 Å². The topological polar surface area (TPSA) is 60.2 Å². The number of nitrogens with two attached hydrogens (primary N) is 1. The molecular formula is C4H7F2NO2S. The summed E-state index contributed by atoms with van der Waals surface area (Å²) < 4.78 is 42.8. The van der Waals surface area contributed by atoms with Crippen molar-refractivity contribution in [1.29, 1.82) is 0 Å². The molecule has 60 valence electrons. The van der Waals surface area contributed by atoms with Crippen molar-refractivity contribution in [1.82, 2.24) is 0 Å². The van der Waals surface area contributed by atoms with Crippen LogP contribution in [0, 0.1) is 0 Å². The molecular weight excluding hydrogens is 164 g/mol. The summed E-state index contributed by atoms with van der Waals surface area (Å²) in [5, 5.41) is 4.57. The van der Waals surface area contributed by atoms with Crippen molar-refractivity contribution in [2.75, 3.05) is 0 Å². The first-order chi connectivity index (χ1) is 4.40. The van der Waals surface area contributed by atoms with E-state index in [4.69, 9.17) is 0 Å². The Morgan fingerprint density at radius 2 is 1.80 bits per heavy atom. The molecule has 1 aliphatic rings. The van der Waals surface area contributed by atoms with E-state index in [-0.39, 0.29) is 12.8 Å². The number of halogens is 2. The molecule has 0 aromatic carbocycles. The summed E-state index contributed by atoms with van der Waals surface area (Å²) >= 11 is 0. The number of sulfonamides is 1. The van der Waals surface area contributed by atoms with Crippen LogP contribution in [-0.4, -0.2) is 19.6 Å². The first-order valence-corrected chi connectivity index (χ1v) is 4.25. The zero-order valence-electron chi connectivity index (χ0n) is 5.05. The van der Waals surface area contributed by atoms with Crippen molar-refractivity contribution in [2.45, 2.75) is 24.0 Å². The fraction of sp³-hybridized carbons (Fsp3) is 1.00. The number of hydrogen-bond donors (Lipinski definition) is 1. The van der Waals surface area contributed by atoms with Gasteiger partial charge in [-0.05, 0) is 12.8 Å². The second-order valence-electron chi connectivity index (χ2n) is 2.41. The monoisotopic (exact) mass is 171 g/mol. The second-order valence-corrected chi connectivity index (χ2v) is 4.31. The minimum atomic E-state index is -4.04. The molecule has 6 heteroatoms. The summed E-state index contributed by atoms with van der Waals surface area (Å²) in [6.45, 7) is 0. The minimum absolute atomic E-state index is 0.0104. The molecule has 0 aromatic heterocycles. The summed E-state index contributed by atoms with van der Waals surface area (Å²) in [4.78, 5) is 0. The molecule has 1 saturated carbocycles. The Kier molecular flexibility index (Phi) is 1.48. The molecule has 1 fully saturated rings. The van der Waals surface area contributed by atoms with Crippen LogP contribution in [0.2, 0.25) is 0 Å². The first kappa shape index (κ1) is 7.87. The van der Waals surface area contributed by atoms with E-state index in [1.165, 1.54) is 0 Å². The van der Waals surface area contributed by atoms with E-state index in [1.54, 1.807) is 0 Å². The lowest BCUT2D eigenvalue weighted by Gasteiger charge is -2.09. The molecule has 1 aliphatic carbocycles. The lowest BCUT2D eigenvalue weighted by atomic mass is 10.4. The van der Waals surface area contributed by atoms with Crippen LogP contribution >= 0.6 is 0 Å². The van der Waals surface area contributed by atoms with Crippen LogP contribution < -0.4 is 5.14 Å². The molecule has 0 bridgehead atoms. The Hall–Kier alpha value is -0.230. The average molecular weight is 171 g/mol. The van der Waals surface area contributed by atoms with Crippen LogP contribution in [0.4, 0.5) is 8.78 Å². The Morgan fingerprint density at radius 3 is 1.80 bits per heavy atom. The van der Waals surface area contributed by atoms with Gasteiger partial charge >= 0.3 is 0 Å². The normalized spacial score (nSPS) is 23.2. The molecule has 10 heavy (non-hydrogen) atoms. The first-order valence-electron chi connectivity index (χ1n) is 2.71. The van der Waals surface area contributed by atoms with Gasteiger partial charge in [0.1, 0.15) is 4.75 Å². The largest absolute Gasteiger partial charge is 0.259 e. The van der Waals surface area contributed by atoms with Gasteiger partial charge in [-0.15, -0.1) is 0 Å². The van der Waals surface area contributed by atoms with Crippen LogP contribution in [-0.2, 0) is 10.0 Å². The van der Waals surface area contributed by atoms with Gasteiger partial charge in [0, 0.05) is 0 Å². The summed E-state index contributed by atoms with van der Waals surface area (Å²) in [5.74, 6) is 0. The third kappa shape index (κ3) is 0.911. The lowest BCUT2D eigenvalue weighted by molar-refractivity contribution is 0.133. The van der Waals surface area contributed by atoms with Gasteiger partial charge in [-0.25, -0.2) is 22.3 Å². The van der Waals surface area contributed by atoms with E-state index in [1.807, 2.05) is 0 Å². The molecule has 0 spiro atoms. The highest BCUT2D eigenvalue weighted by Crippen LogP contribution is 2.46. The molecule has 0 atom stereocenters. The van der Waals surface area contributed by atoms with Gasteiger partial charge in [-0.2, -0.15) is 0 Å². The van der Waals surface area contributed by atoms with Gasteiger partial charge in [0.15, 0.2) is 0 Å². The maximum absolute atomic E-state index is 11.9. The van der Waals surface area contributed by atoms with E-state index in [0.29, 0.717) is 0 Å². The summed E-state index contributed by atoms with van der Waals surface area (Å²) in [6.07, 6.45) is -2.87. The Balaban J connectivity index is 2.91. The van der Waals surface area contributed by atoms with Crippen LogP contribution in [0.5, 0.6) is 0 Å². The molecule has 3 nitrogen and oxygen atoms in total. The molecule has 0 heterocycles. The number of alkyl halides is 2. The number of hydrogen-bond acceptors (Lipinski definition) is 2. The molecule has 2 N–H and O–H groups in total. The van der Waals surface area contributed by atoms with E-state index < -0.39 is 21.2 Å². The van der Waals surface area contributed by atoms with Crippen molar-refractivity contribution >= 4 is 10.0 Å². The quantitative estimate of drug-likeness (QED) is 0.639. The van der Waals surface area contributed by atoms with Gasteiger partial charge in [0.2, 0.25) is 10.0 Å². The SMILES string of the molecule is NS(=O)(=O)C1(C(F)F)CC1. The maximum Gasteiger partial charge on any atom is 0.259 e. The van der Waals surface area contributed by atoms with Crippen LogP contribution in [0.15, 0.2) is 0 Å². The predicted octanol–water partition coefficient (Wildman–Crippen LogP) is 0.0726. The zero-order valence-corrected chi connectivity index (χ0v) is 5.87. The molecule has 0 aromatic rings. The summed E-state index contributed by atoms with van der Waals surface area (Å²) in [6, 6.07) is 0. The van der Waals surface area contributed by atoms with Crippen LogP contribution in [0.25, 0.3) is 0 Å².